The fourth-order valence-electron chi connectivity index (χ4n) is 2.42. The lowest BCUT2D eigenvalue weighted by Crippen LogP contribution is -2.31. The number of hydrogen-bond acceptors (Lipinski definition) is 5. The monoisotopic (exact) mass is 403 g/mol. The highest BCUT2D eigenvalue weighted by Crippen LogP contribution is 2.06. The van der Waals surface area contributed by atoms with Crippen LogP contribution in [0.4, 0.5) is 0 Å². The van der Waals surface area contributed by atoms with Gasteiger partial charge in [0.15, 0.2) is 0 Å². The van der Waals surface area contributed by atoms with Crippen LogP contribution in [0.3, 0.4) is 0 Å². The van der Waals surface area contributed by atoms with Crippen LogP contribution in [-0.4, -0.2) is 76.0 Å². The Hall–Kier alpha value is -2.16. The van der Waals surface area contributed by atoms with E-state index in [0.29, 0.717) is 12.8 Å². The second-order valence-corrected chi connectivity index (χ2v) is 6.22. The van der Waals surface area contributed by atoms with Crippen LogP contribution in [0.25, 0.3) is 0 Å². The van der Waals surface area contributed by atoms with Gasteiger partial charge in [0.05, 0.1) is 0 Å². The maximum atomic E-state index is 11.7. The summed E-state index contributed by atoms with van der Waals surface area (Å²) in [5.74, 6) is -1.79. The first-order valence-corrected chi connectivity index (χ1v) is 9.90. The Labute approximate surface area is 167 Å². The zero-order valence-electron chi connectivity index (χ0n) is 17.6. The average molecular weight is 404 g/mol. The minimum atomic E-state index is -1.17. The second-order valence-electron chi connectivity index (χ2n) is 6.22. The van der Waals surface area contributed by atoms with E-state index in [-0.39, 0.29) is 24.7 Å². The Morgan fingerprint density at radius 1 is 0.750 bits per heavy atom. The number of carbonyl (C=O) groups excluding carboxylic acids is 2. The standard InChI is InChI=1S/C14H28N2O2.C5H9NO4/c1-5-15(6-2)13(17)11-9-10-12-14(18)16(7-3)8-4;6-3(5(9)10)1-2-4(7)8/h5-12H2,1-4H3;3H,1-2,6H2,(H,7,8)(H,9,10). The normalized spacial score (nSPS) is 11.0. The molecule has 0 aliphatic carbocycles. The van der Waals surface area contributed by atoms with Gasteiger partial charge < -0.3 is 25.7 Å². The molecule has 0 saturated heterocycles. The van der Waals surface area contributed by atoms with Gasteiger partial charge in [-0.2, -0.15) is 0 Å². The molecule has 1 unspecified atom stereocenters. The molecule has 0 fully saturated rings. The summed E-state index contributed by atoms with van der Waals surface area (Å²) in [6.45, 7) is 11.1. The van der Waals surface area contributed by atoms with E-state index in [0.717, 1.165) is 39.0 Å². The quantitative estimate of drug-likeness (QED) is 0.396. The third-order valence-electron chi connectivity index (χ3n) is 4.25. The van der Waals surface area contributed by atoms with E-state index in [2.05, 4.69) is 0 Å². The van der Waals surface area contributed by atoms with Crippen LogP contribution in [0.5, 0.6) is 0 Å². The zero-order valence-corrected chi connectivity index (χ0v) is 17.6. The van der Waals surface area contributed by atoms with Crippen molar-refractivity contribution in [2.45, 2.75) is 72.3 Å². The van der Waals surface area contributed by atoms with E-state index in [4.69, 9.17) is 15.9 Å². The molecule has 2 amide bonds. The highest BCUT2D eigenvalue weighted by molar-refractivity contribution is 5.77. The lowest BCUT2D eigenvalue weighted by molar-refractivity contribution is -0.140. The van der Waals surface area contributed by atoms with Crippen molar-refractivity contribution in [3.8, 4) is 0 Å². The van der Waals surface area contributed by atoms with Gasteiger partial charge in [0, 0.05) is 45.4 Å². The van der Waals surface area contributed by atoms with Crippen molar-refractivity contribution in [2.24, 2.45) is 5.73 Å². The number of rotatable bonds is 13. The van der Waals surface area contributed by atoms with E-state index in [1.807, 2.05) is 37.5 Å². The topological polar surface area (TPSA) is 141 Å². The minimum Gasteiger partial charge on any atom is -0.481 e. The van der Waals surface area contributed by atoms with Crippen LogP contribution >= 0.6 is 0 Å². The molecule has 9 heteroatoms. The van der Waals surface area contributed by atoms with Crippen LogP contribution < -0.4 is 5.73 Å². The fraction of sp³-hybridized carbons (Fsp3) is 0.789. The molecule has 0 aliphatic rings. The van der Waals surface area contributed by atoms with Crippen LogP contribution in [0.15, 0.2) is 0 Å². The Balaban J connectivity index is 0. The Morgan fingerprint density at radius 2 is 1.11 bits per heavy atom. The molecule has 0 saturated carbocycles. The van der Waals surface area contributed by atoms with Gasteiger partial charge in [-0.3, -0.25) is 19.2 Å². The predicted molar refractivity (Wildman–Crippen MR) is 107 cm³/mol. The summed E-state index contributed by atoms with van der Waals surface area (Å²) in [6.07, 6.45) is 2.52. The number of nitrogens with zero attached hydrogens (tertiary/aromatic N) is 2. The maximum absolute atomic E-state index is 11.7. The number of hydrogen-bond donors (Lipinski definition) is 3. The second kappa shape index (κ2) is 17.0. The zero-order chi connectivity index (χ0) is 22.1. The van der Waals surface area contributed by atoms with Gasteiger partial charge in [-0.25, -0.2) is 0 Å². The third-order valence-corrected chi connectivity index (χ3v) is 4.25. The summed E-state index contributed by atoms with van der Waals surface area (Å²) in [4.78, 5) is 47.0. The van der Waals surface area contributed by atoms with Crippen molar-refractivity contribution in [2.75, 3.05) is 26.2 Å². The molecule has 0 radical (unpaired) electrons. The molecule has 164 valence electrons. The van der Waals surface area contributed by atoms with Crippen molar-refractivity contribution in [1.82, 2.24) is 9.80 Å². The molecule has 4 N–H and O–H groups in total. The van der Waals surface area contributed by atoms with Crippen LogP contribution in [0.2, 0.25) is 0 Å². The number of nitrogens with two attached hydrogens (primary N) is 1. The predicted octanol–water partition coefficient (Wildman–Crippen LogP) is 1.55. The Morgan fingerprint density at radius 3 is 1.36 bits per heavy atom. The largest absolute Gasteiger partial charge is 0.481 e. The van der Waals surface area contributed by atoms with Crippen molar-refractivity contribution >= 4 is 23.8 Å². The number of amides is 2. The van der Waals surface area contributed by atoms with E-state index in [1.54, 1.807) is 0 Å². The number of carbonyl (C=O) groups is 4. The van der Waals surface area contributed by atoms with Crippen molar-refractivity contribution in [3.05, 3.63) is 0 Å². The van der Waals surface area contributed by atoms with Gasteiger partial charge in [0.1, 0.15) is 6.04 Å². The summed E-state index contributed by atoms with van der Waals surface area (Å²) < 4.78 is 0. The van der Waals surface area contributed by atoms with Gasteiger partial charge in [0.25, 0.3) is 0 Å². The average Bonchev–Trinajstić information content (AvgIpc) is 2.65. The van der Waals surface area contributed by atoms with Gasteiger partial charge >= 0.3 is 11.9 Å². The molecule has 0 aromatic heterocycles. The SMILES string of the molecule is CCN(CC)C(=O)CCCCC(=O)N(CC)CC.NC(CCC(=O)O)C(=O)O. The van der Waals surface area contributed by atoms with Crippen molar-refractivity contribution in [1.29, 1.82) is 0 Å². The first-order chi connectivity index (χ1) is 13.1. The number of carboxylic acid groups (broad SMARTS) is 2. The Kier molecular flexibility index (Phi) is 17.0. The van der Waals surface area contributed by atoms with Crippen LogP contribution in [0.1, 0.15) is 66.2 Å². The highest BCUT2D eigenvalue weighted by Gasteiger charge is 2.12. The van der Waals surface area contributed by atoms with Crippen molar-refractivity contribution in [3.63, 3.8) is 0 Å². The number of carboxylic acids is 2. The summed E-state index contributed by atoms with van der Waals surface area (Å²) >= 11 is 0. The number of unbranched alkanes of at least 4 members (excludes halogenated alkanes) is 1. The molecule has 0 aromatic carbocycles. The summed E-state index contributed by atoms with van der Waals surface area (Å²) in [5, 5.41) is 16.3. The van der Waals surface area contributed by atoms with E-state index in [1.165, 1.54) is 0 Å². The molecule has 0 bridgehead atoms. The Bertz CT molecular complexity index is 450. The molecule has 9 nitrogen and oxygen atoms in total. The summed E-state index contributed by atoms with van der Waals surface area (Å²) in [5.41, 5.74) is 5.00. The smallest absolute Gasteiger partial charge is 0.320 e. The van der Waals surface area contributed by atoms with Crippen molar-refractivity contribution < 1.29 is 29.4 Å². The number of aliphatic carboxylic acids is 2. The molecular weight excluding hydrogens is 366 g/mol. The summed E-state index contributed by atoms with van der Waals surface area (Å²) in [6, 6.07) is -1.06. The van der Waals surface area contributed by atoms with Gasteiger partial charge in [-0.05, 0) is 47.0 Å². The minimum absolute atomic E-state index is 0.0231. The fourth-order valence-corrected chi connectivity index (χ4v) is 2.42. The lowest BCUT2D eigenvalue weighted by Gasteiger charge is -2.19. The molecule has 0 rings (SSSR count). The summed E-state index contributed by atoms with van der Waals surface area (Å²) in [7, 11) is 0. The van der Waals surface area contributed by atoms with Gasteiger partial charge in [-0.15, -0.1) is 0 Å². The molecule has 0 spiro atoms. The van der Waals surface area contributed by atoms with E-state index >= 15 is 0 Å². The molecule has 0 heterocycles. The molecule has 0 aliphatic heterocycles. The lowest BCUT2D eigenvalue weighted by atomic mass is 10.1. The third kappa shape index (κ3) is 14.0. The molecular formula is C19H37N3O6. The first kappa shape index (κ1) is 28.1. The van der Waals surface area contributed by atoms with Crippen LogP contribution in [0, 0.1) is 0 Å². The molecule has 0 aromatic rings. The highest BCUT2D eigenvalue weighted by atomic mass is 16.4. The van der Waals surface area contributed by atoms with E-state index in [9.17, 15) is 19.2 Å². The molecule has 1 atom stereocenters. The van der Waals surface area contributed by atoms with Crippen LogP contribution in [-0.2, 0) is 19.2 Å². The molecule has 28 heavy (non-hydrogen) atoms. The van der Waals surface area contributed by atoms with Gasteiger partial charge in [0.2, 0.25) is 11.8 Å². The van der Waals surface area contributed by atoms with Gasteiger partial charge in [-0.1, -0.05) is 0 Å². The maximum Gasteiger partial charge on any atom is 0.320 e. The first-order valence-electron chi connectivity index (χ1n) is 9.90. The van der Waals surface area contributed by atoms with E-state index < -0.39 is 18.0 Å².